The van der Waals surface area contributed by atoms with Crippen molar-refractivity contribution in [2.24, 2.45) is 0 Å². The van der Waals surface area contributed by atoms with Gasteiger partial charge in [0.05, 0.1) is 24.9 Å². The molecule has 1 N–H and O–H groups in total. The summed E-state index contributed by atoms with van der Waals surface area (Å²) in [6.45, 7) is 0.270. The number of carbonyl (C=O) groups excluding carboxylic acids is 2. The lowest BCUT2D eigenvalue weighted by atomic mass is 9.90. The van der Waals surface area contributed by atoms with Crippen molar-refractivity contribution >= 4 is 35.1 Å². The summed E-state index contributed by atoms with van der Waals surface area (Å²) < 4.78 is 5.16. The van der Waals surface area contributed by atoms with E-state index in [-0.39, 0.29) is 18.7 Å². The first kappa shape index (κ1) is 19.2. The molecule has 0 radical (unpaired) electrons. The number of anilines is 1. The van der Waals surface area contributed by atoms with E-state index in [4.69, 9.17) is 16.0 Å². The lowest BCUT2D eigenvalue weighted by Crippen LogP contribution is -2.41. The molecule has 6 heteroatoms. The molecular formula is C23H18ClNO4. The number of fused-ring (bicyclic) bond motifs is 1. The Morgan fingerprint density at radius 3 is 2.59 bits per heavy atom. The minimum Gasteiger partial charge on any atom is -0.465 e. The van der Waals surface area contributed by atoms with Gasteiger partial charge in [0.25, 0.3) is 5.91 Å². The standard InChI is InChI=1S/C23H18ClNO4/c24-17-9-7-16(8-10-17)15-25-21-6-2-1-5-20(21)23(28,22(25)27)14-18(26)11-12-19-4-3-13-29-19/h1-13,28H,14-15H2/b12-11-/t23-/m0/s1. The van der Waals surface area contributed by atoms with Gasteiger partial charge in [-0.1, -0.05) is 41.9 Å². The molecule has 5 nitrogen and oxygen atoms in total. The molecule has 1 aliphatic heterocycles. The summed E-state index contributed by atoms with van der Waals surface area (Å²) in [5, 5.41) is 11.8. The molecule has 2 aromatic carbocycles. The summed E-state index contributed by atoms with van der Waals surface area (Å²) in [5.74, 6) is -0.373. The molecule has 4 rings (SSSR count). The molecule has 0 bridgehead atoms. The van der Waals surface area contributed by atoms with Crippen LogP contribution in [0.3, 0.4) is 0 Å². The molecule has 0 saturated carbocycles. The summed E-state index contributed by atoms with van der Waals surface area (Å²) in [5.41, 5.74) is -0.0181. The van der Waals surface area contributed by atoms with Crippen molar-refractivity contribution < 1.29 is 19.1 Å². The van der Waals surface area contributed by atoms with E-state index in [0.29, 0.717) is 22.0 Å². The van der Waals surface area contributed by atoms with Crippen LogP contribution in [0.15, 0.2) is 77.4 Å². The molecule has 0 aliphatic carbocycles. The van der Waals surface area contributed by atoms with Crippen LogP contribution in [0.4, 0.5) is 5.69 Å². The van der Waals surface area contributed by atoms with Crippen molar-refractivity contribution in [2.75, 3.05) is 4.90 Å². The highest BCUT2D eigenvalue weighted by atomic mass is 35.5. The average molecular weight is 408 g/mol. The fourth-order valence-corrected chi connectivity index (χ4v) is 3.61. The maximum absolute atomic E-state index is 13.2. The molecule has 146 valence electrons. The van der Waals surface area contributed by atoms with E-state index >= 15 is 0 Å². The SMILES string of the molecule is O=C(/C=C\c1ccco1)C[C@@]1(O)C(=O)N(Cc2ccc(Cl)cc2)c2ccccc21. The van der Waals surface area contributed by atoms with Crippen molar-refractivity contribution in [3.63, 3.8) is 0 Å². The van der Waals surface area contributed by atoms with Gasteiger partial charge in [-0.05, 0) is 48.0 Å². The molecule has 1 aliphatic rings. The molecular weight excluding hydrogens is 390 g/mol. The molecule has 1 amide bonds. The lowest BCUT2D eigenvalue weighted by molar-refractivity contribution is -0.140. The summed E-state index contributed by atoms with van der Waals surface area (Å²) >= 11 is 5.94. The van der Waals surface area contributed by atoms with Gasteiger partial charge < -0.3 is 14.4 Å². The largest absolute Gasteiger partial charge is 0.465 e. The van der Waals surface area contributed by atoms with E-state index < -0.39 is 11.5 Å². The number of ketones is 1. The number of amides is 1. The predicted octanol–water partition coefficient (Wildman–Crippen LogP) is 4.34. The Morgan fingerprint density at radius 2 is 1.86 bits per heavy atom. The minimum atomic E-state index is -1.91. The van der Waals surface area contributed by atoms with Gasteiger partial charge in [0.2, 0.25) is 0 Å². The third kappa shape index (κ3) is 3.75. The molecule has 3 aromatic rings. The zero-order valence-electron chi connectivity index (χ0n) is 15.4. The fraction of sp³-hybridized carbons (Fsp3) is 0.130. The Balaban J connectivity index is 1.60. The Bertz CT molecular complexity index is 1070. The predicted molar refractivity (Wildman–Crippen MR) is 110 cm³/mol. The van der Waals surface area contributed by atoms with Crippen LogP contribution in [-0.2, 0) is 21.7 Å². The topological polar surface area (TPSA) is 70.7 Å². The van der Waals surface area contributed by atoms with Crippen LogP contribution < -0.4 is 4.90 Å². The van der Waals surface area contributed by atoms with Crippen LogP contribution in [0.25, 0.3) is 6.08 Å². The minimum absolute atomic E-state index is 0.270. The van der Waals surface area contributed by atoms with Gasteiger partial charge in [-0.15, -0.1) is 0 Å². The summed E-state index contributed by atoms with van der Waals surface area (Å²) in [7, 11) is 0. The van der Waals surface area contributed by atoms with E-state index in [1.807, 2.05) is 12.1 Å². The van der Waals surface area contributed by atoms with Crippen LogP contribution >= 0.6 is 11.6 Å². The number of furan rings is 1. The first-order valence-corrected chi connectivity index (χ1v) is 9.48. The first-order chi connectivity index (χ1) is 14.0. The zero-order chi connectivity index (χ0) is 20.4. The van der Waals surface area contributed by atoms with Crippen LogP contribution in [0.5, 0.6) is 0 Å². The van der Waals surface area contributed by atoms with Crippen molar-refractivity contribution in [3.05, 3.63) is 94.9 Å². The maximum Gasteiger partial charge on any atom is 0.264 e. The number of rotatable bonds is 6. The number of benzene rings is 2. The van der Waals surface area contributed by atoms with Gasteiger partial charge >= 0.3 is 0 Å². The number of hydrogen-bond acceptors (Lipinski definition) is 4. The van der Waals surface area contributed by atoms with E-state index in [2.05, 4.69) is 0 Å². The second-order valence-electron chi connectivity index (χ2n) is 6.89. The van der Waals surface area contributed by atoms with Gasteiger partial charge in [0.15, 0.2) is 11.4 Å². The van der Waals surface area contributed by atoms with Gasteiger partial charge in [-0.3, -0.25) is 9.59 Å². The molecule has 0 unspecified atom stereocenters. The summed E-state index contributed by atoms with van der Waals surface area (Å²) in [6, 6.07) is 17.6. The highest BCUT2D eigenvalue weighted by Crippen LogP contribution is 2.43. The first-order valence-electron chi connectivity index (χ1n) is 9.10. The van der Waals surface area contributed by atoms with Crippen LogP contribution in [0.2, 0.25) is 5.02 Å². The van der Waals surface area contributed by atoms with E-state index in [1.165, 1.54) is 23.3 Å². The average Bonchev–Trinajstić information content (AvgIpc) is 3.31. The molecule has 29 heavy (non-hydrogen) atoms. The Kier molecular flexibility index (Phi) is 5.09. The Hall–Kier alpha value is -3.15. The number of aliphatic hydroxyl groups is 1. The Morgan fingerprint density at radius 1 is 1.10 bits per heavy atom. The van der Waals surface area contributed by atoms with Crippen LogP contribution in [0, 0.1) is 0 Å². The molecule has 1 aromatic heterocycles. The number of nitrogens with zero attached hydrogens (tertiary/aromatic N) is 1. The number of hydrogen-bond donors (Lipinski definition) is 1. The number of carbonyl (C=O) groups is 2. The van der Waals surface area contributed by atoms with Crippen LogP contribution in [-0.4, -0.2) is 16.8 Å². The van der Waals surface area contributed by atoms with Crippen molar-refractivity contribution in [1.29, 1.82) is 0 Å². The van der Waals surface area contributed by atoms with Gasteiger partial charge in [0, 0.05) is 10.6 Å². The van der Waals surface area contributed by atoms with Crippen molar-refractivity contribution in [1.82, 2.24) is 0 Å². The summed E-state index contributed by atoms with van der Waals surface area (Å²) in [6.07, 6.45) is 3.98. The fourth-order valence-electron chi connectivity index (χ4n) is 3.48. The normalized spacial score (nSPS) is 18.4. The number of halogens is 1. The highest BCUT2D eigenvalue weighted by molar-refractivity contribution is 6.30. The zero-order valence-corrected chi connectivity index (χ0v) is 16.2. The molecule has 0 saturated heterocycles. The highest BCUT2D eigenvalue weighted by Gasteiger charge is 2.50. The number of allylic oxidation sites excluding steroid dienone is 1. The Labute approximate surface area is 172 Å². The van der Waals surface area contributed by atoms with E-state index in [1.54, 1.807) is 48.5 Å². The van der Waals surface area contributed by atoms with Gasteiger partial charge in [0.1, 0.15) is 5.76 Å². The van der Waals surface area contributed by atoms with Gasteiger partial charge in [-0.2, -0.15) is 0 Å². The lowest BCUT2D eigenvalue weighted by Gasteiger charge is -2.22. The quantitative estimate of drug-likeness (QED) is 0.617. The third-order valence-electron chi connectivity index (χ3n) is 4.90. The molecule has 0 spiro atoms. The van der Waals surface area contributed by atoms with E-state index in [0.717, 1.165) is 5.56 Å². The van der Waals surface area contributed by atoms with E-state index in [9.17, 15) is 14.7 Å². The van der Waals surface area contributed by atoms with Gasteiger partial charge in [-0.25, -0.2) is 0 Å². The molecule has 0 fully saturated rings. The second kappa shape index (κ2) is 7.70. The third-order valence-corrected chi connectivity index (χ3v) is 5.15. The molecule has 2 heterocycles. The number of para-hydroxylation sites is 1. The van der Waals surface area contributed by atoms with Crippen molar-refractivity contribution in [2.45, 2.75) is 18.6 Å². The molecule has 1 atom stereocenters. The van der Waals surface area contributed by atoms with Crippen molar-refractivity contribution in [3.8, 4) is 0 Å². The smallest absolute Gasteiger partial charge is 0.264 e. The maximum atomic E-state index is 13.2. The monoisotopic (exact) mass is 407 g/mol. The van der Waals surface area contributed by atoms with Crippen LogP contribution in [0.1, 0.15) is 23.3 Å². The summed E-state index contributed by atoms with van der Waals surface area (Å²) in [4.78, 5) is 27.2. The second-order valence-corrected chi connectivity index (χ2v) is 7.32.